The van der Waals surface area contributed by atoms with Gasteiger partial charge in [-0.05, 0) is 35.0 Å². The first-order valence-corrected chi connectivity index (χ1v) is 6.99. The highest BCUT2D eigenvalue weighted by atomic mass is 79.9. The van der Waals surface area contributed by atoms with E-state index in [2.05, 4.69) is 28.0 Å². The van der Waals surface area contributed by atoms with Crippen LogP contribution in [-0.4, -0.2) is 25.9 Å². The molecular weight excluding hydrogens is 276 g/mol. The molecule has 2 atom stereocenters. The smallest absolute Gasteiger partial charge is 0.120 e. The summed E-state index contributed by atoms with van der Waals surface area (Å²) in [5, 5.41) is 15.2. The standard InChI is InChI=1S/C10H15BrN2OS/c1-3-13-9(8(11)6-12-13)10(14)4-5-15-7(10)2/h6-7,14H,3-5H2,1-2H3. The van der Waals surface area contributed by atoms with Crippen LogP contribution in [0, 0.1) is 0 Å². The van der Waals surface area contributed by atoms with Gasteiger partial charge in [0.2, 0.25) is 0 Å². The largest absolute Gasteiger partial charge is 0.382 e. The fourth-order valence-corrected chi connectivity index (χ4v) is 4.00. The average Bonchev–Trinajstić information content (AvgIpc) is 2.72. The van der Waals surface area contributed by atoms with Gasteiger partial charge in [-0.3, -0.25) is 4.68 Å². The van der Waals surface area contributed by atoms with Crippen LogP contribution in [0.4, 0.5) is 0 Å². The summed E-state index contributed by atoms with van der Waals surface area (Å²) in [6, 6.07) is 0. The van der Waals surface area contributed by atoms with E-state index in [1.165, 1.54) is 0 Å². The zero-order chi connectivity index (χ0) is 11.1. The monoisotopic (exact) mass is 290 g/mol. The van der Waals surface area contributed by atoms with Crippen LogP contribution in [0.5, 0.6) is 0 Å². The Hall–Kier alpha value is -0.0000000000000000555. The van der Waals surface area contributed by atoms with E-state index >= 15 is 0 Å². The minimum Gasteiger partial charge on any atom is -0.382 e. The van der Waals surface area contributed by atoms with E-state index in [0.717, 1.165) is 28.9 Å². The summed E-state index contributed by atoms with van der Waals surface area (Å²) in [4.78, 5) is 0. The van der Waals surface area contributed by atoms with Crippen LogP contribution in [0.15, 0.2) is 10.7 Å². The fraction of sp³-hybridized carbons (Fsp3) is 0.700. The normalized spacial score (nSPS) is 31.1. The summed E-state index contributed by atoms with van der Waals surface area (Å²) in [5.74, 6) is 1.01. The van der Waals surface area contributed by atoms with Gasteiger partial charge in [-0.15, -0.1) is 0 Å². The summed E-state index contributed by atoms with van der Waals surface area (Å²) in [5.41, 5.74) is 0.207. The Bertz CT molecular complexity index is 368. The quantitative estimate of drug-likeness (QED) is 0.909. The van der Waals surface area contributed by atoms with Crippen molar-refractivity contribution in [3.63, 3.8) is 0 Å². The third-order valence-corrected chi connectivity index (χ3v) is 4.94. The Balaban J connectivity index is 2.47. The molecular formula is C10H15BrN2OS. The first-order chi connectivity index (χ1) is 7.09. The molecule has 84 valence electrons. The first kappa shape index (κ1) is 11.5. The molecule has 0 radical (unpaired) electrons. The molecule has 0 bridgehead atoms. The fourth-order valence-electron chi connectivity index (χ4n) is 2.08. The van der Waals surface area contributed by atoms with Crippen molar-refractivity contribution >= 4 is 27.7 Å². The van der Waals surface area contributed by atoms with E-state index in [1.54, 1.807) is 6.20 Å². The van der Waals surface area contributed by atoms with Gasteiger partial charge in [-0.25, -0.2) is 0 Å². The average molecular weight is 291 g/mol. The minimum absolute atomic E-state index is 0.232. The van der Waals surface area contributed by atoms with E-state index in [1.807, 2.05) is 23.4 Å². The van der Waals surface area contributed by atoms with Gasteiger partial charge in [0.1, 0.15) is 5.60 Å². The lowest BCUT2D eigenvalue weighted by Crippen LogP contribution is -2.34. The van der Waals surface area contributed by atoms with Gasteiger partial charge in [-0.2, -0.15) is 16.9 Å². The number of aromatic nitrogens is 2. The number of aryl methyl sites for hydroxylation is 1. The lowest BCUT2D eigenvalue weighted by molar-refractivity contribution is 0.0327. The van der Waals surface area contributed by atoms with Crippen LogP contribution >= 0.6 is 27.7 Å². The molecule has 0 saturated carbocycles. The predicted octanol–water partition coefficient (Wildman–Crippen LogP) is 2.38. The van der Waals surface area contributed by atoms with Crippen LogP contribution in [0.2, 0.25) is 0 Å². The van der Waals surface area contributed by atoms with Crippen molar-refractivity contribution in [2.45, 2.75) is 37.7 Å². The number of thioether (sulfide) groups is 1. The molecule has 1 aromatic heterocycles. The number of hydrogen-bond acceptors (Lipinski definition) is 3. The van der Waals surface area contributed by atoms with Crippen LogP contribution in [-0.2, 0) is 12.1 Å². The molecule has 1 aromatic rings. The summed E-state index contributed by atoms with van der Waals surface area (Å²) in [6.45, 7) is 4.91. The van der Waals surface area contributed by atoms with Gasteiger partial charge >= 0.3 is 0 Å². The topological polar surface area (TPSA) is 38.0 Å². The zero-order valence-corrected chi connectivity index (χ0v) is 11.3. The van der Waals surface area contributed by atoms with Crippen LogP contribution < -0.4 is 0 Å². The Labute approximate surface area is 102 Å². The SMILES string of the molecule is CCn1ncc(Br)c1C1(O)CCSC1C. The Kier molecular flexibility index (Phi) is 3.14. The molecule has 0 aromatic carbocycles. The van der Waals surface area contributed by atoms with Crippen LogP contribution in [0.1, 0.15) is 26.0 Å². The molecule has 2 rings (SSSR count). The molecule has 1 fully saturated rings. The van der Waals surface area contributed by atoms with Gasteiger partial charge < -0.3 is 5.11 Å². The Morgan fingerprint density at radius 3 is 3.07 bits per heavy atom. The van der Waals surface area contributed by atoms with Crippen molar-refractivity contribution in [2.75, 3.05) is 5.75 Å². The number of nitrogens with zero attached hydrogens (tertiary/aromatic N) is 2. The second-order valence-electron chi connectivity index (χ2n) is 3.84. The van der Waals surface area contributed by atoms with E-state index in [0.29, 0.717) is 0 Å². The Morgan fingerprint density at radius 1 is 1.80 bits per heavy atom. The summed E-state index contributed by atoms with van der Waals surface area (Å²) in [6.07, 6.45) is 2.58. The predicted molar refractivity (Wildman–Crippen MR) is 66.0 cm³/mol. The van der Waals surface area contributed by atoms with Gasteiger partial charge in [0, 0.05) is 11.8 Å². The third-order valence-electron chi connectivity index (χ3n) is 3.03. The molecule has 0 spiro atoms. The lowest BCUT2D eigenvalue weighted by Gasteiger charge is -2.28. The molecule has 1 aliphatic heterocycles. The maximum absolute atomic E-state index is 10.7. The first-order valence-electron chi connectivity index (χ1n) is 5.15. The highest BCUT2D eigenvalue weighted by molar-refractivity contribution is 9.10. The lowest BCUT2D eigenvalue weighted by atomic mass is 9.93. The highest BCUT2D eigenvalue weighted by Gasteiger charge is 2.44. The summed E-state index contributed by atoms with van der Waals surface area (Å²) in [7, 11) is 0. The Morgan fingerprint density at radius 2 is 2.53 bits per heavy atom. The van der Waals surface area contributed by atoms with Crippen molar-refractivity contribution in [3.05, 3.63) is 16.4 Å². The maximum Gasteiger partial charge on any atom is 0.120 e. The van der Waals surface area contributed by atoms with Crippen LogP contribution in [0.3, 0.4) is 0 Å². The van der Waals surface area contributed by atoms with Crippen LogP contribution in [0.25, 0.3) is 0 Å². The molecule has 2 unspecified atom stereocenters. The third kappa shape index (κ3) is 1.74. The van der Waals surface area contributed by atoms with Crippen molar-refractivity contribution in [1.29, 1.82) is 0 Å². The van der Waals surface area contributed by atoms with Crippen molar-refractivity contribution < 1.29 is 5.11 Å². The number of hydrogen-bond donors (Lipinski definition) is 1. The van der Waals surface area contributed by atoms with Gasteiger partial charge in [0.05, 0.1) is 16.4 Å². The molecule has 1 saturated heterocycles. The molecule has 1 aliphatic rings. The minimum atomic E-state index is -0.726. The molecule has 1 N–H and O–H groups in total. The molecule has 15 heavy (non-hydrogen) atoms. The van der Waals surface area contributed by atoms with E-state index in [4.69, 9.17) is 0 Å². The van der Waals surface area contributed by atoms with Gasteiger partial charge in [-0.1, -0.05) is 6.92 Å². The maximum atomic E-state index is 10.7. The second-order valence-corrected chi connectivity index (χ2v) is 6.15. The molecule has 3 nitrogen and oxygen atoms in total. The molecule has 5 heteroatoms. The van der Waals surface area contributed by atoms with Gasteiger partial charge in [0.15, 0.2) is 0 Å². The van der Waals surface area contributed by atoms with Gasteiger partial charge in [0.25, 0.3) is 0 Å². The molecule has 0 amide bonds. The molecule has 0 aliphatic carbocycles. The van der Waals surface area contributed by atoms with E-state index < -0.39 is 5.60 Å². The molecule has 2 heterocycles. The zero-order valence-electron chi connectivity index (χ0n) is 8.90. The van der Waals surface area contributed by atoms with Crippen molar-refractivity contribution in [2.24, 2.45) is 0 Å². The summed E-state index contributed by atoms with van der Waals surface area (Å²) < 4.78 is 2.80. The van der Waals surface area contributed by atoms with E-state index in [9.17, 15) is 5.11 Å². The number of aliphatic hydroxyl groups is 1. The second kappa shape index (κ2) is 4.11. The van der Waals surface area contributed by atoms with Crippen molar-refractivity contribution in [3.8, 4) is 0 Å². The number of rotatable bonds is 2. The number of halogens is 1. The van der Waals surface area contributed by atoms with E-state index in [-0.39, 0.29) is 5.25 Å². The summed E-state index contributed by atoms with van der Waals surface area (Å²) >= 11 is 5.30. The highest BCUT2D eigenvalue weighted by Crippen LogP contribution is 2.45. The van der Waals surface area contributed by atoms with Crippen molar-refractivity contribution in [1.82, 2.24) is 9.78 Å².